The number of rotatable bonds is 2. The first kappa shape index (κ1) is 16.9. The van der Waals surface area contributed by atoms with Crippen LogP contribution in [-0.4, -0.2) is 23.1 Å². The van der Waals surface area contributed by atoms with E-state index in [0.29, 0.717) is 11.8 Å². The van der Waals surface area contributed by atoms with Gasteiger partial charge in [-0.25, -0.2) is 4.79 Å². The molecule has 1 amide bonds. The number of halogens is 1. The zero-order valence-corrected chi connectivity index (χ0v) is 16.0. The predicted molar refractivity (Wildman–Crippen MR) is 96.8 cm³/mol. The lowest BCUT2D eigenvalue weighted by molar-refractivity contribution is 0.0223. The highest BCUT2D eigenvalue weighted by Gasteiger charge is 2.27. The molecule has 0 N–H and O–H groups in total. The van der Waals surface area contributed by atoms with Crippen molar-refractivity contribution in [3.05, 3.63) is 34.9 Å². The molecule has 1 aromatic carbocycles. The third-order valence-corrected chi connectivity index (χ3v) is 6.34. The highest BCUT2D eigenvalue weighted by atomic mass is 127. The highest BCUT2D eigenvalue weighted by Crippen LogP contribution is 2.37. The van der Waals surface area contributed by atoms with E-state index in [4.69, 9.17) is 4.74 Å². The molecule has 1 heterocycles. The maximum Gasteiger partial charge on any atom is 0.410 e. The van der Waals surface area contributed by atoms with Crippen LogP contribution in [0, 0.1) is 0 Å². The number of fused-ring (bicyclic) bond motifs is 1. The zero-order valence-electron chi connectivity index (χ0n) is 13.0. The summed E-state index contributed by atoms with van der Waals surface area (Å²) in [6.45, 7) is 9.31. The molecule has 1 aliphatic rings. The molecule has 0 unspecified atom stereocenters. The van der Waals surface area contributed by atoms with Gasteiger partial charge in [0.25, 0.3) is 0 Å². The van der Waals surface area contributed by atoms with Gasteiger partial charge in [-0.1, -0.05) is 27.1 Å². The molecule has 116 valence electrons. The first-order valence-electron chi connectivity index (χ1n) is 7.18. The Balaban J connectivity index is 2.21. The molecule has 0 saturated carbocycles. The van der Waals surface area contributed by atoms with Crippen molar-refractivity contribution in [1.82, 2.24) is 4.90 Å². The van der Waals surface area contributed by atoms with Crippen molar-refractivity contribution in [2.45, 2.75) is 51.5 Å². The summed E-state index contributed by atoms with van der Waals surface area (Å²) in [5.41, 5.74) is 3.55. The lowest BCUT2D eigenvalue weighted by Crippen LogP contribution is -2.40. The molecule has 1 atom stereocenters. The number of amides is 1. The van der Waals surface area contributed by atoms with Crippen LogP contribution in [0.15, 0.2) is 18.2 Å². The van der Waals surface area contributed by atoms with Gasteiger partial charge in [0, 0.05) is 18.3 Å². The molecule has 1 aliphatic heterocycles. The van der Waals surface area contributed by atoms with Gasteiger partial charge in [-0.3, -0.25) is 0 Å². The Morgan fingerprint density at radius 1 is 1.43 bits per heavy atom. The molecular formula is C16H22INO2S. The normalized spacial score (nSPS) is 16.3. The first-order valence-corrected chi connectivity index (χ1v) is 10.6. The van der Waals surface area contributed by atoms with Gasteiger partial charge in [-0.05, 0) is 72.0 Å². The van der Waals surface area contributed by atoms with Gasteiger partial charge in [0.15, 0.2) is 0 Å². The summed E-state index contributed by atoms with van der Waals surface area (Å²) in [5, 5.41) is 0.430. The number of carbonyl (C=O) groups is 1. The third-order valence-electron chi connectivity index (χ3n) is 3.53. The molecular weight excluding hydrogens is 397 g/mol. The van der Waals surface area contributed by atoms with Crippen LogP contribution in [0.25, 0.3) is 0 Å². The van der Waals surface area contributed by atoms with Crippen LogP contribution in [0.5, 0.6) is 0 Å². The highest BCUT2D eigenvalue weighted by molar-refractivity contribution is 14.2. The molecule has 5 heteroatoms. The molecule has 0 fully saturated rings. The summed E-state index contributed by atoms with van der Waals surface area (Å²) in [7, 11) is 1.81. The monoisotopic (exact) mass is 419 g/mol. The average Bonchev–Trinajstić information content (AvgIpc) is 2.43. The van der Waals surface area contributed by atoms with E-state index >= 15 is 0 Å². The summed E-state index contributed by atoms with van der Waals surface area (Å²) in [4.78, 5) is 14.1. The Morgan fingerprint density at radius 3 is 2.76 bits per heavy atom. The number of benzene rings is 1. The van der Waals surface area contributed by atoms with Crippen molar-refractivity contribution >= 4 is 36.2 Å². The average molecular weight is 419 g/mol. The summed E-state index contributed by atoms with van der Waals surface area (Å²) >= 11 is 2.34. The fraction of sp³-hybridized carbons (Fsp3) is 0.562. The molecule has 0 radical (unpaired) electrons. The van der Waals surface area contributed by atoms with Crippen molar-refractivity contribution in [1.29, 1.82) is 0 Å². The molecule has 21 heavy (non-hydrogen) atoms. The Hall–Kier alpha value is -0.430. The Labute approximate surface area is 143 Å². The Kier molecular flexibility index (Phi) is 5.46. The number of hydrogen-bond donors (Lipinski definition) is 0. The molecule has 0 spiro atoms. The van der Waals surface area contributed by atoms with Gasteiger partial charge >= 0.3 is 6.09 Å². The lowest BCUT2D eigenvalue weighted by atomic mass is 9.94. The second-order valence-electron chi connectivity index (χ2n) is 6.37. The smallest absolute Gasteiger partial charge is 0.410 e. The Bertz CT molecular complexity index is 527. The van der Waals surface area contributed by atoms with E-state index in [0.717, 1.165) is 13.0 Å². The number of carbonyl (C=O) groups excluding carboxylic acids is 1. The molecule has 0 saturated heterocycles. The van der Waals surface area contributed by atoms with Crippen molar-refractivity contribution in [3.63, 3.8) is 0 Å². The van der Waals surface area contributed by atoms with Gasteiger partial charge in [0.05, 0.1) is 0 Å². The van der Waals surface area contributed by atoms with Crippen LogP contribution in [0.3, 0.4) is 0 Å². The largest absolute Gasteiger partial charge is 0.444 e. The van der Waals surface area contributed by atoms with Crippen LogP contribution in [0.2, 0.25) is 0 Å². The van der Waals surface area contributed by atoms with Gasteiger partial charge < -0.3 is 9.64 Å². The minimum Gasteiger partial charge on any atom is -0.444 e. The maximum absolute atomic E-state index is 12.3. The molecule has 3 nitrogen and oxygen atoms in total. The topological polar surface area (TPSA) is 29.5 Å². The SMILES string of the molecule is C[C@H](SI)c1cccc2c1CN(C(=O)OC(C)(C)C)CC2. The minimum absolute atomic E-state index is 0.210. The quantitative estimate of drug-likeness (QED) is 0.623. The van der Waals surface area contributed by atoms with Crippen molar-refractivity contribution < 1.29 is 9.53 Å². The maximum atomic E-state index is 12.3. The summed E-state index contributed by atoms with van der Waals surface area (Å²) in [6, 6.07) is 6.48. The van der Waals surface area contributed by atoms with E-state index in [2.05, 4.69) is 46.3 Å². The van der Waals surface area contributed by atoms with Crippen LogP contribution < -0.4 is 0 Å². The van der Waals surface area contributed by atoms with Crippen LogP contribution in [0.4, 0.5) is 4.79 Å². The summed E-state index contributed by atoms with van der Waals surface area (Å²) < 4.78 is 5.50. The van der Waals surface area contributed by atoms with Crippen LogP contribution in [0.1, 0.15) is 49.6 Å². The Morgan fingerprint density at radius 2 is 2.14 bits per heavy atom. The van der Waals surface area contributed by atoms with Crippen molar-refractivity contribution in [2.75, 3.05) is 6.54 Å². The van der Waals surface area contributed by atoms with E-state index < -0.39 is 5.60 Å². The molecule has 0 bridgehead atoms. The number of nitrogens with zero attached hydrogens (tertiary/aromatic N) is 1. The van der Waals surface area contributed by atoms with E-state index in [9.17, 15) is 4.79 Å². The predicted octanol–water partition coefficient (Wildman–Crippen LogP) is 5.12. The number of ether oxygens (including phenoxy) is 1. The standard InChI is InChI=1S/C16H22INO2S/c1-11(21-17)13-7-5-6-12-8-9-18(10-14(12)13)15(19)20-16(2,3)4/h5-7,11H,8-10H2,1-4H3/t11-/m0/s1. The molecule has 0 aliphatic carbocycles. The molecule has 0 aromatic heterocycles. The zero-order chi connectivity index (χ0) is 15.6. The fourth-order valence-electron chi connectivity index (χ4n) is 2.52. The van der Waals surface area contributed by atoms with E-state index in [1.807, 2.05) is 25.7 Å². The molecule has 1 aromatic rings. The molecule has 2 rings (SSSR count). The number of hydrogen-bond acceptors (Lipinski definition) is 3. The van der Waals surface area contributed by atoms with Gasteiger partial charge in [-0.2, -0.15) is 0 Å². The van der Waals surface area contributed by atoms with Crippen molar-refractivity contribution in [2.24, 2.45) is 0 Å². The summed E-state index contributed by atoms with van der Waals surface area (Å²) in [6.07, 6.45) is 0.693. The van der Waals surface area contributed by atoms with E-state index in [1.165, 1.54) is 16.7 Å². The van der Waals surface area contributed by atoms with Gasteiger partial charge in [0.1, 0.15) is 5.60 Å². The van der Waals surface area contributed by atoms with E-state index in [1.54, 1.807) is 8.93 Å². The third kappa shape index (κ3) is 4.28. The van der Waals surface area contributed by atoms with Crippen LogP contribution in [-0.2, 0) is 17.7 Å². The van der Waals surface area contributed by atoms with E-state index in [-0.39, 0.29) is 6.09 Å². The van der Waals surface area contributed by atoms with Crippen molar-refractivity contribution in [3.8, 4) is 0 Å². The van der Waals surface area contributed by atoms with Crippen LogP contribution >= 0.6 is 30.1 Å². The fourth-order valence-corrected chi connectivity index (χ4v) is 3.66. The second kappa shape index (κ2) is 6.77. The van der Waals surface area contributed by atoms with Gasteiger partial charge in [0.2, 0.25) is 0 Å². The minimum atomic E-state index is -0.442. The first-order chi connectivity index (χ1) is 9.81. The second-order valence-corrected chi connectivity index (χ2v) is 8.78. The summed E-state index contributed by atoms with van der Waals surface area (Å²) in [5.74, 6) is 0. The lowest BCUT2D eigenvalue weighted by Gasteiger charge is -2.32. The van der Waals surface area contributed by atoms with Gasteiger partial charge in [-0.15, -0.1) is 0 Å².